The number of rotatable bonds is 10. The molecule has 0 spiro atoms. The van der Waals surface area contributed by atoms with Gasteiger partial charge in [-0.05, 0) is 30.9 Å². The summed E-state index contributed by atoms with van der Waals surface area (Å²) in [6, 6.07) is 12.3. The van der Waals surface area contributed by atoms with E-state index in [9.17, 15) is 13.2 Å². The highest BCUT2D eigenvalue weighted by Crippen LogP contribution is 2.38. The predicted molar refractivity (Wildman–Crippen MR) is 133 cm³/mol. The Morgan fingerprint density at radius 2 is 1.79 bits per heavy atom. The van der Waals surface area contributed by atoms with Crippen molar-refractivity contribution in [2.24, 2.45) is 0 Å². The number of thiophene rings is 1. The maximum atomic E-state index is 12.9. The Labute approximate surface area is 197 Å². The Bertz CT molecular complexity index is 1370. The smallest absolute Gasteiger partial charge is 0.342 e. The first-order chi connectivity index (χ1) is 15.9. The summed E-state index contributed by atoms with van der Waals surface area (Å²) in [5.74, 6) is -0.00603. The molecule has 0 aliphatic rings. The summed E-state index contributed by atoms with van der Waals surface area (Å²) in [7, 11) is -3.76. The largest absolute Gasteiger partial charge is 0.462 e. The quantitative estimate of drug-likeness (QED) is 0.195. The number of hydrogen-bond acceptors (Lipinski definition) is 6. The minimum Gasteiger partial charge on any atom is -0.462 e. The summed E-state index contributed by atoms with van der Waals surface area (Å²) >= 11 is 1.14. The molecule has 0 amide bonds. The second-order valence-corrected chi connectivity index (χ2v) is 10.8. The van der Waals surface area contributed by atoms with Gasteiger partial charge in [0, 0.05) is 16.2 Å². The number of unbranched alkanes of at least 4 members (excludes halogenated alkanes) is 4. The van der Waals surface area contributed by atoms with Crippen LogP contribution in [0.2, 0.25) is 0 Å². The number of furan rings is 1. The number of esters is 1. The normalized spacial score (nSPS) is 11.8. The van der Waals surface area contributed by atoms with Gasteiger partial charge in [0.1, 0.15) is 21.1 Å². The van der Waals surface area contributed by atoms with E-state index in [1.807, 2.05) is 24.3 Å². The lowest BCUT2D eigenvalue weighted by Gasteiger charge is -2.11. The summed E-state index contributed by atoms with van der Waals surface area (Å²) < 4.78 is 40.2. The van der Waals surface area contributed by atoms with Gasteiger partial charge in [-0.3, -0.25) is 4.72 Å². The molecule has 0 aliphatic heterocycles. The van der Waals surface area contributed by atoms with Gasteiger partial charge in [-0.1, -0.05) is 62.9 Å². The van der Waals surface area contributed by atoms with Gasteiger partial charge in [-0.25, -0.2) is 13.2 Å². The Balaban J connectivity index is 1.70. The van der Waals surface area contributed by atoms with Crippen LogP contribution in [0.3, 0.4) is 0 Å². The molecule has 0 atom stereocenters. The van der Waals surface area contributed by atoms with Crippen molar-refractivity contribution < 1.29 is 22.4 Å². The summed E-state index contributed by atoms with van der Waals surface area (Å²) in [5, 5.41) is 3.66. The molecule has 174 valence electrons. The fourth-order valence-electron chi connectivity index (χ4n) is 3.93. The number of carbonyl (C=O) groups excluding carboxylic acids is 1. The van der Waals surface area contributed by atoms with Crippen molar-refractivity contribution in [2.75, 3.05) is 11.3 Å². The van der Waals surface area contributed by atoms with Crippen LogP contribution in [0.4, 0.5) is 5.69 Å². The van der Waals surface area contributed by atoms with Crippen molar-refractivity contribution in [3.05, 3.63) is 59.2 Å². The lowest BCUT2D eigenvalue weighted by atomic mass is 10.0. The molecule has 4 rings (SSSR count). The van der Waals surface area contributed by atoms with E-state index in [0.717, 1.165) is 42.4 Å². The number of sulfonamides is 1. The molecule has 0 fully saturated rings. The third kappa shape index (κ3) is 4.91. The molecule has 0 saturated carbocycles. The molecule has 33 heavy (non-hydrogen) atoms. The van der Waals surface area contributed by atoms with Crippen LogP contribution in [0.25, 0.3) is 21.7 Å². The minimum atomic E-state index is -3.76. The molecule has 0 aliphatic carbocycles. The van der Waals surface area contributed by atoms with Crippen LogP contribution in [-0.4, -0.2) is 21.0 Å². The van der Waals surface area contributed by atoms with Crippen LogP contribution in [0.15, 0.2) is 56.5 Å². The molecule has 1 N–H and O–H groups in total. The second kappa shape index (κ2) is 9.97. The average Bonchev–Trinajstić information content (AvgIpc) is 3.44. The summed E-state index contributed by atoms with van der Waals surface area (Å²) in [4.78, 5) is 12.9. The summed E-state index contributed by atoms with van der Waals surface area (Å²) in [6.07, 6.45) is 5.30. The maximum Gasteiger partial charge on any atom is 0.342 e. The van der Waals surface area contributed by atoms with Crippen molar-refractivity contribution in [2.45, 2.75) is 50.2 Å². The SMILES string of the molecule is CCCCCCCOC(=O)c1c(C)oc2c1cc(NS(=O)(=O)c1cccs1)c1ccccc12. The van der Waals surface area contributed by atoms with Gasteiger partial charge in [0.15, 0.2) is 0 Å². The van der Waals surface area contributed by atoms with Crippen molar-refractivity contribution >= 4 is 54.8 Å². The minimum absolute atomic E-state index is 0.220. The van der Waals surface area contributed by atoms with Crippen molar-refractivity contribution in [3.63, 3.8) is 0 Å². The first-order valence-electron chi connectivity index (χ1n) is 11.1. The zero-order valence-corrected chi connectivity index (χ0v) is 20.4. The lowest BCUT2D eigenvalue weighted by Crippen LogP contribution is -2.12. The van der Waals surface area contributed by atoms with Crippen molar-refractivity contribution in [1.29, 1.82) is 0 Å². The first kappa shape index (κ1) is 23.3. The second-order valence-electron chi connectivity index (χ2n) is 7.97. The van der Waals surface area contributed by atoms with Crippen LogP contribution >= 0.6 is 11.3 Å². The van der Waals surface area contributed by atoms with Crippen LogP contribution in [0, 0.1) is 6.92 Å². The molecular formula is C25H27NO5S2. The number of nitrogens with one attached hydrogen (secondary N) is 1. The van der Waals surface area contributed by atoms with Crippen LogP contribution in [0.1, 0.15) is 55.1 Å². The van der Waals surface area contributed by atoms with E-state index in [4.69, 9.17) is 9.15 Å². The number of ether oxygens (including phenoxy) is 1. The number of benzene rings is 2. The van der Waals surface area contributed by atoms with Gasteiger partial charge < -0.3 is 9.15 Å². The zero-order chi connectivity index (χ0) is 23.4. The van der Waals surface area contributed by atoms with Gasteiger partial charge in [0.05, 0.1) is 12.3 Å². The summed E-state index contributed by atoms with van der Waals surface area (Å²) in [5.41, 5.74) is 1.26. The van der Waals surface area contributed by atoms with Crippen LogP contribution in [-0.2, 0) is 14.8 Å². The number of fused-ring (bicyclic) bond motifs is 3. The number of carbonyl (C=O) groups is 1. The molecule has 0 saturated heterocycles. The molecule has 2 heterocycles. The highest BCUT2D eigenvalue weighted by atomic mass is 32.2. The van der Waals surface area contributed by atoms with E-state index in [2.05, 4.69) is 11.6 Å². The Morgan fingerprint density at radius 3 is 2.52 bits per heavy atom. The van der Waals surface area contributed by atoms with E-state index < -0.39 is 16.0 Å². The highest BCUT2D eigenvalue weighted by Gasteiger charge is 2.24. The van der Waals surface area contributed by atoms with Crippen molar-refractivity contribution in [1.82, 2.24) is 0 Å². The molecule has 4 aromatic rings. The molecule has 6 nitrogen and oxygen atoms in total. The number of aryl methyl sites for hydroxylation is 1. The topological polar surface area (TPSA) is 85.6 Å². The Hall–Kier alpha value is -2.84. The van der Waals surface area contributed by atoms with Crippen molar-refractivity contribution in [3.8, 4) is 0 Å². The molecule has 2 aromatic carbocycles. The van der Waals surface area contributed by atoms with E-state index in [-0.39, 0.29) is 4.21 Å². The van der Waals surface area contributed by atoms with Crippen LogP contribution < -0.4 is 4.72 Å². The maximum absolute atomic E-state index is 12.9. The number of anilines is 1. The zero-order valence-electron chi connectivity index (χ0n) is 18.7. The van der Waals surface area contributed by atoms with Crippen LogP contribution in [0.5, 0.6) is 0 Å². The van der Waals surface area contributed by atoms with Gasteiger partial charge in [0.25, 0.3) is 10.0 Å². The van der Waals surface area contributed by atoms with Gasteiger partial charge in [-0.2, -0.15) is 0 Å². The molecule has 0 radical (unpaired) electrons. The number of hydrogen-bond donors (Lipinski definition) is 1. The van der Waals surface area contributed by atoms with E-state index >= 15 is 0 Å². The molecule has 8 heteroatoms. The van der Waals surface area contributed by atoms with Gasteiger partial charge in [-0.15, -0.1) is 11.3 Å². The molecule has 2 aromatic heterocycles. The lowest BCUT2D eigenvalue weighted by molar-refractivity contribution is 0.0497. The highest BCUT2D eigenvalue weighted by molar-refractivity contribution is 7.94. The van der Waals surface area contributed by atoms with E-state index in [0.29, 0.717) is 40.0 Å². The standard InChI is InChI=1S/C25H27NO5S2/c1-3-4-5-6-9-14-30-25(27)23-17(2)31-24-19-12-8-7-11-18(19)21(16-20(23)24)26-33(28,29)22-13-10-15-32-22/h7-8,10-13,15-16,26H,3-6,9,14H2,1-2H3. The predicted octanol–water partition coefficient (Wildman–Crippen LogP) is 6.88. The third-order valence-corrected chi connectivity index (χ3v) is 8.32. The molecule has 0 bridgehead atoms. The summed E-state index contributed by atoms with van der Waals surface area (Å²) in [6.45, 7) is 4.23. The van der Waals surface area contributed by atoms with Gasteiger partial charge >= 0.3 is 5.97 Å². The first-order valence-corrected chi connectivity index (χ1v) is 13.5. The Kier molecular flexibility index (Phi) is 7.05. The van der Waals surface area contributed by atoms with E-state index in [1.54, 1.807) is 30.5 Å². The molecule has 0 unspecified atom stereocenters. The Morgan fingerprint density at radius 1 is 1.03 bits per heavy atom. The molecular weight excluding hydrogens is 458 g/mol. The third-order valence-electron chi connectivity index (χ3n) is 5.56. The van der Waals surface area contributed by atoms with E-state index in [1.165, 1.54) is 6.42 Å². The van der Waals surface area contributed by atoms with Gasteiger partial charge in [0.2, 0.25) is 0 Å². The fraction of sp³-hybridized carbons (Fsp3) is 0.320. The fourth-order valence-corrected chi connectivity index (χ4v) is 5.99. The monoisotopic (exact) mass is 485 g/mol. The average molecular weight is 486 g/mol.